The first-order chi connectivity index (χ1) is 5.81. The van der Waals surface area contributed by atoms with Gasteiger partial charge < -0.3 is 10.4 Å². The molecular weight excluding hydrogens is 191 g/mol. The van der Waals surface area contributed by atoms with E-state index in [4.69, 9.17) is 5.11 Å². The van der Waals surface area contributed by atoms with E-state index in [0.717, 1.165) is 0 Å². The van der Waals surface area contributed by atoms with Gasteiger partial charge in [0.1, 0.15) is 6.54 Å². The number of alkyl halides is 3. The van der Waals surface area contributed by atoms with Crippen LogP contribution in [0.15, 0.2) is 12.2 Å². The van der Waals surface area contributed by atoms with E-state index < -0.39 is 24.6 Å². The van der Waals surface area contributed by atoms with Crippen molar-refractivity contribution in [3.8, 4) is 0 Å². The van der Waals surface area contributed by atoms with Gasteiger partial charge in [0.25, 0.3) is 0 Å². The molecular formula is C6H6F3NO3. The first-order valence-electron chi connectivity index (χ1n) is 3.07. The number of carboxylic acid groups (broad SMARTS) is 1. The van der Waals surface area contributed by atoms with Gasteiger partial charge in [0.15, 0.2) is 0 Å². The van der Waals surface area contributed by atoms with E-state index in [1.165, 1.54) is 5.32 Å². The maximum Gasteiger partial charge on any atom is 0.405 e. The Morgan fingerprint density at radius 2 is 1.85 bits per heavy atom. The maximum atomic E-state index is 11.5. The lowest BCUT2D eigenvalue weighted by atomic mass is 10.4. The van der Waals surface area contributed by atoms with E-state index >= 15 is 0 Å². The minimum Gasteiger partial charge on any atom is -0.478 e. The van der Waals surface area contributed by atoms with E-state index in [0.29, 0.717) is 12.2 Å². The van der Waals surface area contributed by atoms with E-state index in [9.17, 15) is 22.8 Å². The molecule has 0 fully saturated rings. The van der Waals surface area contributed by atoms with Crippen LogP contribution in [0.4, 0.5) is 13.2 Å². The summed E-state index contributed by atoms with van der Waals surface area (Å²) in [6.45, 7) is -1.48. The van der Waals surface area contributed by atoms with Crippen LogP contribution in [0.5, 0.6) is 0 Å². The third-order valence-corrected chi connectivity index (χ3v) is 0.840. The van der Waals surface area contributed by atoms with Gasteiger partial charge in [-0.05, 0) is 0 Å². The quantitative estimate of drug-likeness (QED) is 0.639. The molecule has 0 aliphatic heterocycles. The van der Waals surface area contributed by atoms with Gasteiger partial charge >= 0.3 is 12.1 Å². The van der Waals surface area contributed by atoms with Gasteiger partial charge in [0.2, 0.25) is 5.91 Å². The molecule has 0 aliphatic carbocycles. The maximum absolute atomic E-state index is 11.5. The highest BCUT2D eigenvalue weighted by Crippen LogP contribution is 2.11. The monoisotopic (exact) mass is 197 g/mol. The second-order valence-corrected chi connectivity index (χ2v) is 2.00. The van der Waals surface area contributed by atoms with Crippen LogP contribution in [0.25, 0.3) is 0 Å². The van der Waals surface area contributed by atoms with Crippen LogP contribution < -0.4 is 5.32 Å². The lowest BCUT2D eigenvalue weighted by Gasteiger charge is -2.05. The van der Waals surface area contributed by atoms with Crippen molar-refractivity contribution in [3.63, 3.8) is 0 Å². The van der Waals surface area contributed by atoms with Crippen LogP contribution in [0.2, 0.25) is 0 Å². The minimum absolute atomic E-state index is 0.450. The van der Waals surface area contributed by atoms with E-state index in [1.807, 2.05) is 0 Å². The fraction of sp³-hybridized carbons (Fsp3) is 0.333. The predicted molar refractivity (Wildman–Crippen MR) is 35.8 cm³/mol. The number of aliphatic carboxylic acids is 1. The zero-order valence-corrected chi connectivity index (χ0v) is 6.26. The van der Waals surface area contributed by atoms with Crippen molar-refractivity contribution in [3.05, 3.63) is 12.2 Å². The van der Waals surface area contributed by atoms with Crippen molar-refractivity contribution < 1.29 is 27.9 Å². The zero-order chi connectivity index (χ0) is 10.5. The smallest absolute Gasteiger partial charge is 0.405 e. The molecule has 1 amide bonds. The summed E-state index contributed by atoms with van der Waals surface area (Å²) in [6, 6.07) is 0. The molecule has 0 spiro atoms. The van der Waals surface area contributed by atoms with Gasteiger partial charge in [-0.25, -0.2) is 4.79 Å². The van der Waals surface area contributed by atoms with Gasteiger partial charge in [0, 0.05) is 12.2 Å². The second kappa shape index (κ2) is 4.48. The summed E-state index contributed by atoms with van der Waals surface area (Å²) in [7, 11) is 0. The van der Waals surface area contributed by atoms with E-state index in [2.05, 4.69) is 0 Å². The molecule has 0 atom stereocenters. The second-order valence-electron chi connectivity index (χ2n) is 2.00. The van der Waals surface area contributed by atoms with E-state index in [-0.39, 0.29) is 0 Å². The third kappa shape index (κ3) is 8.38. The first kappa shape index (κ1) is 11.5. The van der Waals surface area contributed by atoms with Gasteiger partial charge in [0.05, 0.1) is 0 Å². The molecule has 0 aromatic rings. The summed E-state index contributed by atoms with van der Waals surface area (Å²) >= 11 is 0. The third-order valence-electron chi connectivity index (χ3n) is 0.840. The molecule has 0 saturated heterocycles. The normalized spacial score (nSPS) is 11.6. The Morgan fingerprint density at radius 1 is 1.31 bits per heavy atom. The SMILES string of the molecule is O=C(O)/C=C/C(=O)NCC(F)(F)F. The van der Waals surface area contributed by atoms with Gasteiger partial charge in [-0.2, -0.15) is 13.2 Å². The summed E-state index contributed by atoms with van der Waals surface area (Å²) in [5.41, 5.74) is 0. The molecule has 13 heavy (non-hydrogen) atoms. The number of carbonyl (C=O) groups excluding carboxylic acids is 1. The number of carbonyl (C=O) groups is 2. The van der Waals surface area contributed by atoms with Crippen molar-refractivity contribution in [1.29, 1.82) is 0 Å². The fourth-order valence-electron chi connectivity index (χ4n) is 0.393. The Kier molecular flexibility index (Phi) is 3.96. The van der Waals surface area contributed by atoms with Crippen LogP contribution in [-0.4, -0.2) is 29.7 Å². The molecule has 0 unspecified atom stereocenters. The van der Waals surface area contributed by atoms with Crippen LogP contribution >= 0.6 is 0 Å². The number of hydrogen-bond acceptors (Lipinski definition) is 2. The Hall–Kier alpha value is -1.53. The molecule has 0 radical (unpaired) electrons. The molecule has 4 nitrogen and oxygen atoms in total. The molecule has 0 rings (SSSR count). The number of halogens is 3. The largest absolute Gasteiger partial charge is 0.478 e. The molecule has 7 heteroatoms. The van der Waals surface area contributed by atoms with E-state index in [1.54, 1.807) is 0 Å². The molecule has 2 N–H and O–H groups in total. The number of hydrogen-bond donors (Lipinski definition) is 2. The Morgan fingerprint density at radius 3 is 2.23 bits per heavy atom. The van der Waals surface area contributed by atoms with Crippen molar-refractivity contribution in [1.82, 2.24) is 5.32 Å². The van der Waals surface area contributed by atoms with Gasteiger partial charge in [-0.15, -0.1) is 0 Å². The Balaban J connectivity index is 3.83. The summed E-state index contributed by atoms with van der Waals surface area (Å²) < 4.78 is 34.4. The Labute approximate surface area is 71.0 Å². The molecule has 0 bridgehead atoms. The number of carboxylic acids is 1. The van der Waals surface area contributed by atoms with Crippen LogP contribution in [-0.2, 0) is 9.59 Å². The number of nitrogens with one attached hydrogen (secondary N) is 1. The minimum atomic E-state index is -4.49. The van der Waals surface area contributed by atoms with Crippen molar-refractivity contribution in [2.75, 3.05) is 6.54 Å². The summed E-state index contributed by atoms with van der Waals surface area (Å²) in [6.07, 6.45) is -3.54. The van der Waals surface area contributed by atoms with Crippen molar-refractivity contribution >= 4 is 11.9 Å². The standard InChI is InChI=1S/C6H6F3NO3/c7-6(8,9)3-10-4(11)1-2-5(12)13/h1-2H,3H2,(H,10,11)(H,12,13)/b2-1+. The molecule has 0 aromatic heterocycles. The Bertz CT molecular complexity index is 234. The highest BCUT2D eigenvalue weighted by atomic mass is 19.4. The summed E-state index contributed by atoms with van der Waals surface area (Å²) in [5.74, 6) is -2.50. The number of rotatable bonds is 3. The summed E-state index contributed by atoms with van der Waals surface area (Å²) in [5, 5.41) is 9.47. The molecule has 0 aliphatic rings. The van der Waals surface area contributed by atoms with Crippen LogP contribution in [0, 0.1) is 0 Å². The molecule has 0 saturated carbocycles. The first-order valence-corrected chi connectivity index (χ1v) is 3.07. The zero-order valence-electron chi connectivity index (χ0n) is 6.26. The lowest BCUT2D eigenvalue weighted by molar-refractivity contribution is -0.136. The number of amides is 1. The molecule has 0 heterocycles. The van der Waals surface area contributed by atoms with Crippen LogP contribution in [0.3, 0.4) is 0 Å². The lowest BCUT2D eigenvalue weighted by Crippen LogP contribution is -2.32. The average Bonchev–Trinajstić information content (AvgIpc) is 1.95. The van der Waals surface area contributed by atoms with Gasteiger partial charge in [-0.1, -0.05) is 0 Å². The van der Waals surface area contributed by atoms with Crippen molar-refractivity contribution in [2.24, 2.45) is 0 Å². The molecule has 74 valence electrons. The highest BCUT2D eigenvalue weighted by Gasteiger charge is 2.27. The van der Waals surface area contributed by atoms with Crippen molar-refractivity contribution in [2.45, 2.75) is 6.18 Å². The topological polar surface area (TPSA) is 66.4 Å². The average molecular weight is 197 g/mol. The molecule has 0 aromatic carbocycles. The predicted octanol–water partition coefficient (Wildman–Crippen LogP) is 0.306. The summed E-state index contributed by atoms with van der Waals surface area (Å²) in [4.78, 5) is 20.2. The van der Waals surface area contributed by atoms with Gasteiger partial charge in [-0.3, -0.25) is 4.79 Å². The highest BCUT2D eigenvalue weighted by molar-refractivity contribution is 5.93. The fourth-order valence-corrected chi connectivity index (χ4v) is 0.393. The van der Waals surface area contributed by atoms with Crippen LogP contribution in [0.1, 0.15) is 0 Å².